The van der Waals surface area contributed by atoms with Gasteiger partial charge in [-0.3, -0.25) is 9.98 Å². The van der Waals surface area contributed by atoms with Gasteiger partial charge in [0, 0.05) is 6.54 Å². The lowest BCUT2D eigenvalue weighted by molar-refractivity contribution is -0.199. The minimum Gasteiger partial charge on any atom is -0.497 e. The highest BCUT2D eigenvalue weighted by atomic mass is 28.4. The van der Waals surface area contributed by atoms with Crippen LogP contribution in [0.3, 0.4) is 0 Å². The van der Waals surface area contributed by atoms with Gasteiger partial charge in [-0.05, 0) is 60.8 Å². The number of imidazole rings is 1. The molecule has 4 heterocycles. The Kier molecular flexibility index (Phi) is 11.4. The third kappa shape index (κ3) is 7.86. The highest BCUT2D eigenvalue weighted by Gasteiger charge is 2.56. The van der Waals surface area contributed by atoms with Gasteiger partial charge in [0.25, 0.3) is 0 Å². The first kappa shape index (κ1) is 40.0. The van der Waals surface area contributed by atoms with Crippen LogP contribution in [-0.4, -0.2) is 85.1 Å². The van der Waals surface area contributed by atoms with Crippen LogP contribution in [0.5, 0.6) is 5.75 Å². The summed E-state index contributed by atoms with van der Waals surface area (Å²) in [7, 11) is -0.364. The van der Waals surface area contributed by atoms with Crippen LogP contribution in [0.4, 0.5) is 0 Å². The molecule has 0 aliphatic carbocycles. The number of rotatable bonds is 15. The van der Waals surface area contributed by atoms with Gasteiger partial charge in [0.2, 0.25) is 0 Å². The molecule has 2 aliphatic heterocycles. The molecular weight excluding hydrogens is 727 g/mol. The average molecular weight is 782 g/mol. The molecule has 3 aromatic carbocycles. The van der Waals surface area contributed by atoms with Gasteiger partial charge in [-0.1, -0.05) is 93.6 Å². The van der Waals surface area contributed by atoms with E-state index in [9.17, 15) is 0 Å². The van der Waals surface area contributed by atoms with Crippen molar-refractivity contribution in [1.82, 2.24) is 19.1 Å². The maximum atomic E-state index is 9.03. The van der Waals surface area contributed by atoms with E-state index < -0.39 is 25.9 Å². The second kappa shape index (κ2) is 16.0. The molecule has 0 bridgehead atoms. The number of hydrogen-bond donors (Lipinski definition) is 1. The Morgan fingerprint density at radius 3 is 2.05 bits per heavy atom. The predicted molar refractivity (Wildman–Crippen MR) is 215 cm³/mol. The number of hydrogen-bond acceptors (Lipinski definition) is 10. The molecule has 2 saturated heterocycles. The van der Waals surface area contributed by atoms with E-state index in [1.807, 2.05) is 79.1 Å². The number of ether oxygens (including phenoxy) is 6. The Bertz CT molecular complexity index is 2090. The van der Waals surface area contributed by atoms with Crippen LogP contribution < -0.4 is 10.2 Å². The Morgan fingerprint density at radius 2 is 1.43 bits per heavy atom. The number of fused-ring (bicyclic) bond motifs is 2. The van der Waals surface area contributed by atoms with Crippen LogP contribution in [-0.2, 0) is 40.3 Å². The zero-order valence-corrected chi connectivity index (χ0v) is 34.7. The maximum Gasteiger partial charge on any atom is 0.192 e. The largest absolute Gasteiger partial charge is 0.497 e. The van der Waals surface area contributed by atoms with Crippen molar-refractivity contribution in [3.8, 4) is 5.75 Å². The normalized spacial score (nSPS) is 21.1. The molecule has 2 fully saturated rings. The second-order valence-corrected chi connectivity index (χ2v) is 21.2. The van der Waals surface area contributed by atoms with E-state index in [1.54, 1.807) is 24.3 Å². The first-order valence-corrected chi connectivity index (χ1v) is 22.2. The molecule has 0 saturated carbocycles. The molecule has 0 unspecified atom stereocenters. The lowest BCUT2D eigenvalue weighted by atomic mass is 9.80. The molecule has 0 radical (unpaired) electrons. The summed E-state index contributed by atoms with van der Waals surface area (Å²) in [5.41, 5.74) is 3.36. The first-order chi connectivity index (χ1) is 26.7. The minimum absolute atomic E-state index is 0.0639. The van der Waals surface area contributed by atoms with Gasteiger partial charge in [0.15, 0.2) is 31.5 Å². The fourth-order valence-electron chi connectivity index (χ4n) is 7.29. The molecule has 5 aromatic rings. The molecule has 13 heteroatoms. The van der Waals surface area contributed by atoms with Gasteiger partial charge in [-0.2, -0.15) is 0 Å². The van der Waals surface area contributed by atoms with Gasteiger partial charge in [0.05, 0.1) is 46.2 Å². The summed E-state index contributed by atoms with van der Waals surface area (Å²) in [4.78, 5) is 9.37. The van der Waals surface area contributed by atoms with Crippen molar-refractivity contribution >= 4 is 19.5 Å². The highest BCUT2D eigenvalue weighted by molar-refractivity contribution is 6.74. The second-order valence-electron chi connectivity index (χ2n) is 16.4. The summed E-state index contributed by atoms with van der Waals surface area (Å²) in [6, 6.07) is 28.5. The van der Waals surface area contributed by atoms with E-state index >= 15 is 0 Å². The summed E-state index contributed by atoms with van der Waals surface area (Å²) in [5, 5.41) is 9.09. The fraction of sp³-hybridized carbons (Fsp3) is 0.465. The summed E-state index contributed by atoms with van der Waals surface area (Å²) >= 11 is 0. The van der Waals surface area contributed by atoms with Gasteiger partial charge < -0.3 is 37.4 Å². The molecule has 56 heavy (non-hydrogen) atoms. The molecule has 12 nitrogen and oxygen atoms in total. The van der Waals surface area contributed by atoms with Crippen LogP contribution in [0.2, 0.25) is 18.1 Å². The third-order valence-electron chi connectivity index (χ3n) is 11.3. The van der Waals surface area contributed by atoms with E-state index in [2.05, 4.69) is 63.1 Å². The third-order valence-corrected chi connectivity index (χ3v) is 15.8. The highest BCUT2D eigenvalue weighted by Crippen LogP contribution is 2.45. The van der Waals surface area contributed by atoms with Crippen LogP contribution in [0.25, 0.3) is 11.2 Å². The van der Waals surface area contributed by atoms with Crippen molar-refractivity contribution in [3.05, 3.63) is 120 Å². The Hall–Kier alpha value is -4.21. The molecule has 2 aromatic heterocycles. The molecule has 7 rings (SSSR count). The molecule has 1 N–H and O–H groups in total. The first-order valence-electron chi connectivity index (χ1n) is 19.3. The standard InChI is InChI=1S/C43H55N5O7Si/c1-41(2,3)56(7,8)52-27-34-36-37(55-42(4,5)54-36)40(53-34)48-29-45-35-38(44)47(28-46-39(35)48)23-24-50-25-26-51-43(30-15-11-9-12-16-30,31-17-13-10-14-18-31)32-19-21-33(49-6)22-20-32/h9-22,28-29,34,36-37,40,44H,23-27H2,1-8H3/t34-,36-,37-,40-/m1/s1. The molecule has 298 valence electrons. The van der Waals surface area contributed by atoms with Crippen LogP contribution in [0, 0.1) is 5.41 Å². The summed E-state index contributed by atoms with van der Waals surface area (Å²) < 4.78 is 47.9. The SMILES string of the molecule is COc1ccc(C(OCCOCCn2cnc3c(ncn3[C@@H]3O[C@H](CO[Si](C)(C)C(C)(C)C)[C@H]4OC(C)(C)O[C@H]43)c2=N)(c2ccccc2)c2ccccc2)cc1. The van der Waals surface area contributed by atoms with Crippen LogP contribution >= 0.6 is 0 Å². The lowest BCUT2D eigenvalue weighted by Gasteiger charge is -2.37. The summed E-state index contributed by atoms with van der Waals surface area (Å²) in [6.45, 7) is 16.8. The van der Waals surface area contributed by atoms with Gasteiger partial charge in [-0.25, -0.2) is 9.97 Å². The number of methoxy groups -OCH3 is 1. The zero-order valence-electron chi connectivity index (χ0n) is 33.7. The van der Waals surface area contributed by atoms with Crippen molar-refractivity contribution in [3.63, 3.8) is 0 Å². The quantitative estimate of drug-likeness (QED) is 0.0668. The Balaban J connectivity index is 1.02. The molecule has 4 atom stereocenters. The Morgan fingerprint density at radius 1 is 0.804 bits per heavy atom. The smallest absolute Gasteiger partial charge is 0.192 e. The number of benzene rings is 3. The minimum atomic E-state index is -2.03. The molecule has 0 spiro atoms. The Labute approximate surface area is 330 Å². The van der Waals surface area contributed by atoms with Crippen molar-refractivity contribution in [2.75, 3.05) is 33.5 Å². The van der Waals surface area contributed by atoms with Crippen LogP contribution in [0.15, 0.2) is 97.6 Å². The van der Waals surface area contributed by atoms with Gasteiger partial charge >= 0.3 is 0 Å². The van der Waals surface area contributed by atoms with Crippen LogP contribution in [0.1, 0.15) is 57.5 Å². The van der Waals surface area contributed by atoms with E-state index in [0.717, 1.165) is 22.4 Å². The zero-order chi connectivity index (χ0) is 39.7. The van der Waals surface area contributed by atoms with E-state index in [1.165, 1.54) is 0 Å². The van der Waals surface area contributed by atoms with E-state index in [-0.39, 0.29) is 28.8 Å². The van der Waals surface area contributed by atoms with E-state index in [4.69, 9.17) is 43.2 Å². The summed E-state index contributed by atoms with van der Waals surface area (Å²) in [5.74, 6) is 0.00160. The number of aromatic nitrogens is 4. The molecule has 0 amide bonds. The van der Waals surface area contributed by atoms with Crippen molar-refractivity contribution < 1.29 is 32.8 Å². The van der Waals surface area contributed by atoms with Crippen molar-refractivity contribution in [2.45, 2.75) is 95.2 Å². The summed E-state index contributed by atoms with van der Waals surface area (Å²) in [6.07, 6.45) is 1.76. The van der Waals surface area contributed by atoms with Gasteiger partial charge in [0.1, 0.15) is 35.2 Å². The number of nitrogens with zero attached hydrogens (tertiary/aromatic N) is 4. The topological polar surface area (TPSA) is 124 Å². The lowest BCUT2D eigenvalue weighted by Crippen LogP contribution is -2.44. The average Bonchev–Trinajstić information content (AvgIpc) is 3.85. The fourth-order valence-corrected chi connectivity index (χ4v) is 8.30. The predicted octanol–water partition coefficient (Wildman–Crippen LogP) is 7.19. The van der Waals surface area contributed by atoms with Gasteiger partial charge in [-0.15, -0.1) is 0 Å². The molecule has 2 aliphatic rings. The monoisotopic (exact) mass is 781 g/mol. The number of nitrogens with one attached hydrogen (secondary N) is 1. The molecular formula is C43H55N5O7Si. The maximum absolute atomic E-state index is 9.03. The van der Waals surface area contributed by atoms with Crippen molar-refractivity contribution in [2.24, 2.45) is 0 Å². The van der Waals surface area contributed by atoms with Crippen molar-refractivity contribution in [1.29, 1.82) is 5.41 Å². The van der Waals surface area contributed by atoms with E-state index in [0.29, 0.717) is 44.1 Å².